The molecule has 90 valence electrons. The van der Waals surface area contributed by atoms with Crippen LogP contribution >= 0.6 is 15.9 Å². The summed E-state index contributed by atoms with van der Waals surface area (Å²) in [7, 11) is 2.73. The lowest BCUT2D eigenvalue weighted by Crippen LogP contribution is -2.14. The third-order valence-corrected chi connectivity index (χ3v) is 2.81. The van der Waals surface area contributed by atoms with Gasteiger partial charge in [-0.15, -0.1) is 0 Å². The quantitative estimate of drug-likeness (QED) is 0.885. The lowest BCUT2D eigenvalue weighted by Gasteiger charge is -2.16. The second-order valence-corrected chi connectivity index (χ2v) is 3.93. The largest absolute Gasteiger partial charge is 0.493 e. The Morgan fingerprint density at radius 1 is 1.50 bits per heavy atom. The zero-order valence-electron chi connectivity index (χ0n) is 8.96. The molecule has 4 nitrogen and oxygen atoms in total. The molecule has 0 spiro atoms. The highest BCUT2D eigenvalue weighted by atomic mass is 79.9. The second kappa shape index (κ2) is 5.47. The molecule has 0 aromatic heterocycles. The minimum absolute atomic E-state index is 0.0480. The molecule has 3 N–H and O–H groups in total. The smallest absolute Gasteiger partial charge is 0.197 e. The maximum absolute atomic E-state index is 14.0. The molecule has 0 aliphatic carbocycles. The van der Waals surface area contributed by atoms with Crippen molar-refractivity contribution in [2.45, 2.75) is 6.10 Å². The van der Waals surface area contributed by atoms with Crippen molar-refractivity contribution in [2.75, 3.05) is 20.8 Å². The third-order valence-electron chi connectivity index (χ3n) is 2.16. The number of ether oxygens (including phenoxy) is 2. The van der Waals surface area contributed by atoms with Gasteiger partial charge in [0.2, 0.25) is 0 Å². The minimum Gasteiger partial charge on any atom is -0.493 e. The summed E-state index contributed by atoms with van der Waals surface area (Å²) < 4.78 is 24.2. The lowest BCUT2D eigenvalue weighted by atomic mass is 10.1. The summed E-state index contributed by atoms with van der Waals surface area (Å²) in [6, 6.07) is 1.52. The van der Waals surface area contributed by atoms with E-state index in [1.54, 1.807) is 0 Å². The third kappa shape index (κ3) is 2.28. The summed E-state index contributed by atoms with van der Waals surface area (Å²) in [6.07, 6.45) is -1.09. The number of aliphatic hydroxyl groups excluding tert-OH is 1. The lowest BCUT2D eigenvalue weighted by molar-refractivity contribution is 0.179. The van der Waals surface area contributed by atoms with Crippen LogP contribution in [-0.4, -0.2) is 25.9 Å². The van der Waals surface area contributed by atoms with E-state index < -0.39 is 11.9 Å². The van der Waals surface area contributed by atoms with E-state index in [1.807, 2.05) is 0 Å². The molecule has 1 aromatic rings. The monoisotopic (exact) mass is 293 g/mol. The van der Waals surface area contributed by atoms with Gasteiger partial charge in [0.15, 0.2) is 17.3 Å². The summed E-state index contributed by atoms with van der Waals surface area (Å²) in [4.78, 5) is 0. The number of hydrogen-bond acceptors (Lipinski definition) is 4. The predicted octanol–water partition coefficient (Wildman–Crippen LogP) is 1.60. The fraction of sp³-hybridized carbons (Fsp3) is 0.400. The molecule has 1 rings (SSSR count). The molecule has 1 atom stereocenters. The Kier molecular flexibility index (Phi) is 4.52. The molecule has 1 unspecified atom stereocenters. The normalized spacial score (nSPS) is 12.4. The van der Waals surface area contributed by atoms with Crippen molar-refractivity contribution in [1.29, 1.82) is 0 Å². The SMILES string of the molecule is COc1cc(Br)c(C(O)CN)c(F)c1OC. The van der Waals surface area contributed by atoms with Gasteiger partial charge in [0, 0.05) is 16.6 Å². The Bertz CT molecular complexity index is 387. The van der Waals surface area contributed by atoms with Gasteiger partial charge in [-0.3, -0.25) is 0 Å². The Morgan fingerprint density at radius 3 is 2.56 bits per heavy atom. The molecule has 0 aliphatic rings. The maximum atomic E-state index is 14.0. The van der Waals surface area contributed by atoms with Crippen LogP contribution in [0.15, 0.2) is 10.5 Å². The molecule has 0 bridgehead atoms. The predicted molar refractivity (Wildman–Crippen MR) is 61.2 cm³/mol. The first-order chi connectivity index (χ1) is 7.56. The van der Waals surface area contributed by atoms with E-state index in [2.05, 4.69) is 15.9 Å². The Labute approximate surface area is 101 Å². The van der Waals surface area contributed by atoms with Gasteiger partial charge in [0.1, 0.15) is 0 Å². The van der Waals surface area contributed by atoms with E-state index in [1.165, 1.54) is 20.3 Å². The molecule has 0 radical (unpaired) electrons. The number of hydrogen-bond donors (Lipinski definition) is 2. The van der Waals surface area contributed by atoms with E-state index in [4.69, 9.17) is 15.2 Å². The number of nitrogens with two attached hydrogens (primary N) is 1. The summed E-state index contributed by atoms with van der Waals surface area (Å²) in [5.74, 6) is -0.472. The average Bonchev–Trinajstić information content (AvgIpc) is 2.27. The molecule has 0 saturated carbocycles. The van der Waals surface area contributed by atoms with Crippen molar-refractivity contribution < 1.29 is 19.0 Å². The van der Waals surface area contributed by atoms with Crippen molar-refractivity contribution >= 4 is 15.9 Å². The molecule has 16 heavy (non-hydrogen) atoms. The molecule has 0 heterocycles. The van der Waals surface area contributed by atoms with Crippen LogP contribution in [0.2, 0.25) is 0 Å². The van der Waals surface area contributed by atoms with Crippen molar-refractivity contribution in [3.05, 3.63) is 21.9 Å². The highest BCUT2D eigenvalue weighted by Crippen LogP contribution is 2.39. The Hall–Kier alpha value is -0.850. The van der Waals surface area contributed by atoms with Crippen LogP contribution in [0.3, 0.4) is 0 Å². The van der Waals surface area contributed by atoms with Gasteiger partial charge in [-0.05, 0) is 6.07 Å². The fourth-order valence-corrected chi connectivity index (χ4v) is 2.01. The van der Waals surface area contributed by atoms with E-state index >= 15 is 0 Å². The summed E-state index contributed by atoms with van der Waals surface area (Å²) in [6.45, 7) is -0.0784. The fourth-order valence-electron chi connectivity index (χ4n) is 1.36. The second-order valence-electron chi connectivity index (χ2n) is 3.07. The number of halogens is 2. The van der Waals surface area contributed by atoms with Gasteiger partial charge >= 0.3 is 0 Å². The zero-order chi connectivity index (χ0) is 12.3. The van der Waals surface area contributed by atoms with E-state index in [0.717, 1.165) is 0 Å². The molecule has 0 saturated heterocycles. The number of methoxy groups -OCH3 is 2. The van der Waals surface area contributed by atoms with E-state index in [-0.39, 0.29) is 23.6 Å². The molecule has 0 fully saturated rings. The highest BCUT2D eigenvalue weighted by molar-refractivity contribution is 9.10. The average molecular weight is 294 g/mol. The van der Waals surface area contributed by atoms with Gasteiger partial charge < -0.3 is 20.3 Å². The van der Waals surface area contributed by atoms with Gasteiger partial charge in [-0.2, -0.15) is 0 Å². The van der Waals surface area contributed by atoms with Gasteiger partial charge in [0.05, 0.1) is 20.3 Å². The van der Waals surface area contributed by atoms with Crippen LogP contribution < -0.4 is 15.2 Å². The van der Waals surface area contributed by atoms with Crippen LogP contribution in [0.25, 0.3) is 0 Å². The van der Waals surface area contributed by atoms with Gasteiger partial charge in [-0.1, -0.05) is 15.9 Å². The van der Waals surface area contributed by atoms with Crippen LogP contribution in [0.1, 0.15) is 11.7 Å². The number of rotatable bonds is 4. The molecule has 0 amide bonds. The van der Waals surface area contributed by atoms with Gasteiger partial charge in [-0.25, -0.2) is 4.39 Å². The van der Waals surface area contributed by atoms with Crippen LogP contribution in [-0.2, 0) is 0 Å². The van der Waals surface area contributed by atoms with E-state index in [9.17, 15) is 9.50 Å². The highest BCUT2D eigenvalue weighted by Gasteiger charge is 2.22. The summed E-state index contributed by atoms with van der Waals surface area (Å²) in [5.41, 5.74) is 5.36. The Balaban J connectivity index is 3.40. The summed E-state index contributed by atoms with van der Waals surface area (Å²) in [5, 5.41) is 9.58. The first kappa shape index (κ1) is 13.2. The van der Waals surface area contributed by atoms with Gasteiger partial charge in [0.25, 0.3) is 0 Å². The van der Waals surface area contributed by atoms with E-state index in [0.29, 0.717) is 4.47 Å². The number of aliphatic hydroxyl groups is 1. The molecule has 0 aliphatic heterocycles. The minimum atomic E-state index is -1.09. The zero-order valence-corrected chi connectivity index (χ0v) is 10.5. The van der Waals surface area contributed by atoms with Crippen LogP contribution in [0.5, 0.6) is 11.5 Å². The Morgan fingerprint density at radius 2 is 2.12 bits per heavy atom. The van der Waals surface area contributed by atoms with Crippen molar-refractivity contribution in [2.24, 2.45) is 5.73 Å². The molecular formula is C10H13BrFNO3. The van der Waals surface area contributed by atoms with Crippen LogP contribution in [0.4, 0.5) is 4.39 Å². The van der Waals surface area contributed by atoms with Crippen molar-refractivity contribution in [3.63, 3.8) is 0 Å². The first-order valence-electron chi connectivity index (χ1n) is 4.54. The summed E-state index contributed by atoms with van der Waals surface area (Å²) >= 11 is 3.15. The van der Waals surface area contributed by atoms with Crippen LogP contribution in [0, 0.1) is 5.82 Å². The molecular weight excluding hydrogens is 281 g/mol. The van der Waals surface area contributed by atoms with Crippen molar-refractivity contribution in [1.82, 2.24) is 0 Å². The molecule has 6 heteroatoms. The first-order valence-corrected chi connectivity index (χ1v) is 5.34. The standard InChI is InChI=1S/C10H13BrFNO3/c1-15-7-3-5(11)8(6(14)4-13)9(12)10(7)16-2/h3,6,14H,4,13H2,1-2H3. The maximum Gasteiger partial charge on any atom is 0.197 e. The topological polar surface area (TPSA) is 64.7 Å². The van der Waals surface area contributed by atoms with Crippen molar-refractivity contribution in [3.8, 4) is 11.5 Å². The molecule has 1 aromatic carbocycles. The number of benzene rings is 1.